The second-order valence-electron chi connectivity index (χ2n) is 3.63. The van der Waals surface area contributed by atoms with Gasteiger partial charge in [-0.15, -0.1) is 0 Å². The largest absolute Gasteiger partial charge is 0.299 e. The second-order valence-corrected chi connectivity index (χ2v) is 7.46. The topological polar surface area (TPSA) is 51.2 Å². The molecule has 0 aromatic carbocycles. The lowest BCUT2D eigenvalue weighted by molar-refractivity contribution is -0.116. The smallest absolute Gasteiger partial charge is 0.147 e. The van der Waals surface area contributed by atoms with Gasteiger partial charge in [0.1, 0.15) is 15.6 Å². The average molecular weight is 238 g/mol. The minimum absolute atomic E-state index is 0.116. The highest BCUT2D eigenvalue weighted by Gasteiger charge is 2.07. The molecule has 0 atom stereocenters. The molecule has 0 saturated carbocycles. The van der Waals surface area contributed by atoms with Crippen LogP contribution < -0.4 is 0 Å². The summed E-state index contributed by atoms with van der Waals surface area (Å²) >= 11 is 1.60. The molecule has 0 N–H and O–H groups in total. The molecular weight excluding hydrogens is 220 g/mol. The van der Waals surface area contributed by atoms with Crippen molar-refractivity contribution in [2.45, 2.75) is 31.9 Å². The summed E-state index contributed by atoms with van der Waals surface area (Å²) in [5.41, 5.74) is 0. The van der Waals surface area contributed by atoms with Gasteiger partial charge in [0.05, 0.1) is 11.5 Å². The lowest BCUT2D eigenvalue weighted by Crippen LogP contribution is -2.08. The number of thioether (sulfide) groups is 1. The van der Waals surface area contributed by atoms with Gasteiger partial charge in [0.2, 0.25) is 0 Å². The molecule has 0 saturated heterocycles. The lowest BCUT2D eigenvalue weighted by atomic mass is 10.2. The van der Waals surface area contributed by atoms with Gasteiger partial charge < -0.3 is 0 Å². The Morgan fingerprint density at radius 3 is 2.36 bits per heavy atom. The molecular formula is C9H18O3S2. The highest BCUT2D eigenvalue weighted by atomic mass is 32.2. The normalized spacial score (nSPS) is 12.0. The van der Waals surface area contributed by atoms with E-state index in [2.05, 4.69) is 0 Å². The summed E-state index contributed by atoms with van der Waals surface area (Å²) in [4.78, 5) is 11.2. The Balaban J connectivity index is 3.55. The van der Waals surface area contributed by atoms with Crippen molar-refractivity contribution in [3.05, 3.63) is 0 Å². The Hall–Kier alpha value is -0.0300. The first-order valence-electron chi connectivity index (χ1n) is 4.62. The Bertz CT molecular complexity index is 268. The zero-order valence-electron chi connectivity index (χ0n) is 8.95. The standard InChI is InChI=1S/C9H18O3S2/c1-8(2)13-7-9(10)5-4-6-14(3,11)12/h8H,4-7H2,1-3H3. The van der Waals surface area contributed by atoms with Crippen molar-refractivity contribution in [1.82, 2.24) is 0 Å². The molecule has 5 heteroatoms. The number of rotatable bonds is 7. The van der Waals surface area contributed by atoms with Gasteiger partial charge in [0.15, 0.2) is 0 Å². The zero-order chi connectivity index (χ0) is 11.2. The SMILES string of the molecule is CC(C)SCC(=O)CCCS(C)(=O)=O. The van der Waals surface area contributed by atoms with E-state index in [0.29, 0.717) is 23.8 Å². The third kappa shape index (κ3) is 10.1. The molecule has 0 heterocycles. The molecule has 0 fully saturated rings. The molecule has 0 aliphatic carbocycles. The molecule has 0 rings (SSSR count). The van der Waals surface area contributed by atoms with E-state index >= 15 is 0 Å². The van der Waals surface area contributed by atoms with E-state index in [-0.39, 0.29) is 11.5 Å². The van der Waals surface area contributed by atoms with Crippen molar-refractivity contribution in [2.24, 2.45) is 0 Å². The Morgan fingerprint density at radius 2 is 1.93 bits per heavy atom. The number of Topliss-reactive ketones (excluding diaryl/α,β-unsaturated/α-hetero) is 1. The van der Waals surface area contributed by atoms with Crippen LogP contribution in [-0.4, -0.2) is 37.2 Å². The lowest BCUT2D eigenvalue weighted by Gasteiger charge is -2.03. The van der Waals surface area contributed by atoms with E-state index < -0.39 is 9.84 Å². The number of carbonyl (C=O) groups excluding carboxylic acids is 1. The number of carbonyl (C=O) groups is 1. The van der Waals surface area contributed by atoms with Crippen molar-refractivity contribution >= 4 is 27.4 Å². The molecule has 0 aromatic heterocycles. The molecule has 0 amide bonds. The predicted molar refractivity (Wildman–Crippen MR) is 61.5 cm³/mol. The van der Waals surface area contributed by atoms with Gasteiger partial charge in [0, 0.05) is 12.7 Å². The fraction of sp³-hybridized carbons (Fsp3) is 0.889. The predicted octanol–water partition coefficient (Wildman–Crippen LogP) is 1.52. The fourth-order valence-corrected chi connectivity index (χ4v) is 2.20. The van der Waals surface area contributed by atoms with Gasteiger partial charge in [-0.25, -0.2) is 8.42 Å². The van der Waals surface area contributed by atoms with Gasteiger partial charge in [0.25, 0.3) is 0 Å². The monoisotopic (exact) mass is 238 g/mol. The number of hydrogen-bond donors (Lipinski definition) is 0. The summed E-state index contributed by atoms with van der Waals surface area (Å²) in [5.74, 6) is 0.763. The van der Waals surface area contributed by atoms with E-state index in [1.807, 2.05) is 13.8 Å². The van der Waals surface area contributed by atoms with Gasteiger partial charge in [-0.2, -0.15) is 11.8 Å². The minimum Gasteiger partial charge on any atom is -0.299 e. The van der Waals surface area contributed by atoms with Gasteiger partial charge >= 0.3 is 0 Å². The molecule has 0 radical (unpaired) electrons. The maximum absolute atomic E-state index is 11.2. The first kappa shape index (κ1) is 14.0. The van der Waals surface area contributed by atoms with E-state index in [1.54, 1.807) is 11.8 Å². The molecule has 3 nitrogen and oxygen atoms in total. The van der Waals surface area contributed by atoms with Crippen LogP contribution in [0.1, 0.15) is 26.7 Å². The maximum Gasteiger partial charge on any atom is 0.147 e. The van der Waals surface area contributed by atoms with Crippen LogP contribution in [0.15, 0.2) is 0 Å². The van der Waals surface area contributed by atoms with Crippen molar-refractivity contribution in [1.29, 1.82) is 0 Å². The first-order chi connectivity index (χ1) is 6.31. The van der Waals surface area contributed by atoms with E-state index in [1.165, 1.54) is 6.26 Å². The van der Waals surface area contributed by atoms with Gasteiger partial charge in [-0.3, -0.25) is 4.79 Å². The Morgan fingerprint density at radius 1 is 1.36 bits per heavy atom. The Kier molecular flexibility index (Phi) is 6.44. The second kappa shape index (κ2) is 6.45. The van der Waals surface area contributed by atoms with Crippen molar-refractivity contribution in [3.63, 3.8) is 0 Å². The first-order valence-corrected chi connectivity index (χ1v) is 7.73. The third-order valence-electron chi connectivity index (χ3n) is 1.55. The molecule has 0 aliphatic heterocycles. The summed E-state index contributed by atoms with van der Waals surface area (Å²) in [6.07, 6.45) is 2.03. The summed E-state index contributed by atoms with van der Waals surface area (Å²) in [6, 6.07) is 0. The molecule has 0 bridgehead atoms. The van der Waals surface area contributed by atoms with Crippen LogP contribution in [0.3, 0.4) is 0 Å². The molecule has 0 aliphatic rings. The van der Waals surface area contributed by atoms with Crippen LogP contribution in [0, 0.1) is 0 Å². The van der Waals surface area contributed by atoms with Crippen LogP contribution >= 0.6 is 11.8 Å². The average Bonchev–Trinajstić information content (AvgIpc) is 1.98. The molecule has 14 heavy (non-hydrogen) atoms. The Labute approximate surface area is 90.6 Å². The van der Waals surface area contributed by atoms with E-state index in [9.17, 15) is 13.2 Å². The number of ketones is 1. The van der Waals surface area contributed by atoms with Crippen molar-refractivity contribution < 1.29 is 13.2 Å². The minimum atomic E-state index is -2.91. The van der Waals surface area contributed by atoms with E-state index in [0.717, 1.165) is 0 Å². The molecule has 0 unspecified atom stereocenters. The summed E-state index contributed by atoms with van der Waals surface area (Å²) in [7, 11) is -2.91. The number of hydrogen-bond acceptors (Lipinski definition) is 4. The fourth-order valence-electron chi connectivity index (χ4n) is 0.863. The molecule has 84 valence electrons. The van der Waals surface area contributed by atoms with Crippen LogP contribution in [0.25, 0.3) is 0 Å². The molecule has 0 spiro atoms. The third-order valence-corrected chi connectivity index (χ3v) is 3.73. The highest BCUT2D eigenvalue weighted by molar-refractivity contribution is 8.00. The van der Waals surface area contributed by atoms with Gasteiger partial charge in [-0.1, -0.05) is 13.8 Å². The molecule has 0 aromatic rings. The van der Waals surface area contributed by atoms with E-state index in [4.69, 9.17) is 0 Å². The quantitative estimate of drug-likeness (QED) is 0.675. The van der Waals surface area contributed by atoms with Crippen LogP contribution in [0.5, 0.6) is 0 Å². The summed E-state index contributed by atoms with van der Waals surface area (Å²) in [6.45, 7) is 4.07. The summed E-state index contributed by atoms with van der Waals surface area (Å²) in [5, 5.41) is 0.453. The van der Waals surface area contributed by atoms with Crippen molar-refractivity contribution in [3.8, 4) is 0 Å². The maximum atomic E-state index is 11.2. The zero-order valence-corrected chi connectivity index (χ0v) is 10.6. The van der Waals surface area contributed by atoms with Crippen LogP contribution in [0.2, 0.25) is 0 Å². The van der Waals surface area contributed by atoms with Gasteiger partial charge in [-0.05, 0) is 11.7 Å². The highest BCUT2D eigenvalue weighted by Crippen LogP contribution is 2.10. The summed E-state index contributed by atoms with van der Waals surface area (Å²) < 4.78 is 21.5. The number of sulfone groups is 1. The van der Waals surface area contributed by atoms with Crippen molar-refractivity contribution in [2.75, 3.05) is 17.8 Å². The van der Waals surface area contributed by atoms with Crippen LogP contribution in [-0.2, 0) is 14.6 Å². The van der Waals surface area contributed by atoms with Crippen LogP contribution in [0.4, 0.5) is 0 Å².